The van der Waals surface area contributed by atoms with E-state index in [4.69, 9.17) is 16.3 Å². The SMILES string of the molecule is CCCOc1ccccc1/C=N/NC(=O)c1ccc2nc(-c3ccccc3Cl)[nH]c2c1. The van der Waals surface area contributed by atoms with Crippen LogP contribution in [0.3, 0.4) is 0 Å². The second-order valence-electron chi connectivity index (χ2n) is 6.88. The number of carbonyl (C=O) groups is 1. The Morgan fingerprint density at radius 1 is 1.16 bits per heavy atom. The van der Waals surface area contributed by atoms with Crippen LogP contribution in [-0.2, 0) is 0 Å². The number of H-pyrrole nitrogens is 1. The predicted octanol–water partition coefficient (Wildman–Crippen LogP) is 5.44. The molecule has 7 heteroatoms. The molecule has 0 atom stereocenters. The zero-order chi connectivity index (χ0) is 21.6. The number of hydrazone groups is 1. The van der Waals surface area contributed by atoms with Crippen molar-refractivity contribution in [1.29, 1.82) is 0 Å². The topological polar surface area (TPSA) is 79.4 Å². The lowest BCUT2D eigenvalue weighted by Crippen LogP contribution is -2.17. The Kier molecular flexibility index (Phi) is 6.29. The van der Waals surface area contributed by atoms with Crippen LogP contribution in [0.4, 0.5) is 0 Å². The van der Waals surface area contributed by atoms with Gasteiger partial charge in [0.2, 0.25) is 0 Å². The molecular weight excluding hydrogens is 412 g/mol. The first-order valence-electron chi connectivity index (χ1n) is 9.95. The van der Waals surface area contributed by atoms with E-state index in [0.717, 1.165) is 34.3 Å². The van der Waals surface area contributed by atoms with Crippen molar-refractivity contribution in [3.63, 3.8) is 0 Å². The molecule has 1 heterocycles. The minimum atomic E-state index is -0.320. The van der Waals surface area contributed by atoms with Crippen LogP contribution in [0.2, 0.25) is 5.02 Å². The summed E-state index contributed by atoms with van der Waals surface area (Å²) in [5, 5.41) is 4.69. The van der Waals surface area contributed by atoms with Gasteiger partial charge in [-0.15, -0.1) is 0 Å². The van der Waals surface area contributed by atoms with Gasteiger partial charge in [0, 0.05) is 16.7 Å². The number of carbonyl (C=O) groups excluding carboxylic acids is 1. The Morgan fingerprint density at radius 2 is 1.97 bits per heavy atom. The maximum absolute atomic E-state index is 12.6. The summed E-state index contributed by atoms with van der Waals surface area (Å²) in [6.07, 6.45) is 2.49. The molecule has 0 saturated heterocycles. The number of hydrogen-bond acceptors (Lipinski definition) is 4. The number of aromatic nitrogens is 2. The van der Waals surface area contributed by atoms with Crippen molar-refractivity contribution in [3.05, 3.63) is 82.9 Å². The van der Waals surface area contributed by atoms with E-state index in [2.05, 4.69) is 20.5 Å². The molecule has 2 N–H and O–H groups in total. The van der Waals surface area contributed by atoms with E-state index in [-0.39, 0.29) is 5.91 Å². The van der Waals surface area contributed by atoms with Gasteiger partial charge < -0.3 is 9.72 Å². The van der Waals surface area contributed by atoms with Gasteiger partial charge >= 0.3 is 0 Å². The molecule has 0 spiro atoms. The van der Waals surface area contributed by atoms with Gasteiger partial charge in [-0.25, -0.2) is 10.4 Å². The number of hydrogen-bond donors (Lipinski definition) is 2. The molecule has 0 unspecified atom stereocenters. The van der Waals surface area contributed by atoms with Crippen molar-refractivity contribution < 1.29 is 9.53 Å². The van der Waals surface area contributed by atoms with E-state index < -0.39 is 0 Å². The lowest BCUT2D eigenvalue weighted by molar-refractivity contribution is 0.0955. The number of nitrogens with zero attached hydrogens (tertiary/aromatic N) is 2. The Hall–Kier alpha value is -3.64. The van der Waals surface area contributed by atoms with Gasteiger partial charge in [-0.2, -0.15) is 5.10 Å². The Labute approximate surface area is 184 Å². The second-order valence-corrected chi connectivity index (χ2v) is 7.29. The fraction of sp³-hybridized carbons (Fsp3) is 0.125. The van der Waals surface area contributed by atoms with Crippen LogP contribution in [0, 0.1) is 0 Å². The highest BCUT2D eigenvalue weighted by Gasteiger charge is 2.11. The molecule has 6 nitrogen and oxygen atoms in total. The van der Waals surface area contributed by atoms with Crippen molar-refractivity contribution in [2.24, 2.45) is 5.10 Å². The molecule has 0 bridgehead atoms. The van der Waals surface area contributed by atoms with E-state index in [1.54, 1.807) is 24.4 Å². The third-order valence-corrected chi connectivity index (χ3v) is 4.95. The standard InChI is InChI=1S/C24H21ClN4O2/c1-2-13-31-22-10-6-3-7-17(22)15-26-29-24(30)16-11-12-20-21(14-16)28-23(27-20)18-8-4-5-9-19(18)25/h3-12,14-15H,2,13H2,1H3,(H,27,28)(H,29,30)/b26-15+. The van der Waals surface area contributed by atoms with Crippen molar-refractivity contribution in [1.82, 2.24) is 15.4 Å². The zero-order valence-corrected chi connectivity index (χ0v) is 17.7. The number of amides is 1. The highest BCUT2D eigenvalue weighted by Crippen LogP contribution is 2.27. The summed E-state index contributed by atoms with van der Waals surface area (Å²) in [5.74, 6) is 1.06. The lowest BCUT2D eigenvalue weighted by atomic mass is 10.2. The van der Waals surface area contributed by atoms with Crippen LogP contribution in [0.25, 0.3) is 22.4 Å². The normalized spacial score (nSPS) is 11.2. The maximum atomic E-state index is 12.6. The van der Waals surface area contributed by atoms with E-state index in [0.29, 0.717) is 23.0 Å². The van der Waals surface area contributed by atoms with Crippen molar-refractivity contribution in [2.75, 3.05) is 6.61 Å². The second kappa shape index (κ2) is 9.45. The maximum Gasteiger partial charge on any atom is 0.271 e. The molecule has 1 amide bonds. The monoisotopic (exact) mass is 432 g/mol. The number of aromatic amines is 1. The number of imidazole rings is 1. The number of benzene rings is 3. The first kappa shape index (κ1) is 20.6. The molecule has 0 saturated carbocycles. The quantitative estimate of drug-likeness (QED) is 0.301. The number of rotatable bonds is 7. The van der Waals surface area contributed by atoms with Crippen LogP contribution in [-0.4, -0.2) is 28.7 Å². The number of nitrogens with one attached hydrogen (secondary N) is 2. The predicted molar refractivity (Wildman–Crippen MR) is 124 cm³/mol. The van der Waals surface area contributed by atoms with Crippen LogP contribution in [0.1, 0.15) is 29.3 Å². The third kappa shape index (κ3) is 4.75. The molecule has 156 valence electrons. The molecule has 0 aliphatic heterocycles. The average molecular weight is 433 g/mol. The van der Waals surface area contributed by atoms with Gasteiger partial charge in [0.1, 0.15) is 11.6 Å². The van der Waals surface area contributed by atoms with Crippen molar-refractivity contribution in [3.8, 4) is 17.1 Å². The van der Waals surface area contributed by atoms with Crippen LogP contribution in [0.15, 0.2) is 71.8 Å². The molecule has 1 aromatic heterocycles. The third-order valence-electron chi connectivity index (χ3n) is 4.62. The Morgan fingerprint density at radius 3 is 2.81 bits per heavy atom. The molecule has 3 aromatic carbocycles. The molecule has 0 radical (unpaired) electrons. The molecule has 0 aliphatic rings. The number of ether oxygens (including phenoxy) is 1. The van der Waals surface area contributed by atoms with Gasteiger partial charge in [-0.05, 0) is 48.9 Å². The first-order valence-corrected chi connectivity index (χ1v) is 10.3. The van der Waals surface area contributed by atoms with Crippen molar-refractivity contribution in [2.45, 2.75) is 13.3 Å². The molecule has 0 aliphatic carbocycles. The Balaban J connectivity index is 1.50. The summed E-state index contributed by atoms with van der Waals surface area (Å²) < 4.78 is 5.70. The molecule has 0 fully saturated rings. The molecule has 4 rings (SSSR count). The largest absolute Gasteiger partial charge is 0.493 e. The summed E-state index contributed by atoms with van der Waals surface area (Å²) in [7, 11) is 0. The highest BCUT2D eigenvalue weighted by molar-refractivity contribution is 6.33. The number of para-hydroxylation sites is 1. The molecule has 4 aromatic rings. The summed E-state index contributed by atoms with van der Waals surface area (Å²) in [5.41, 5.74) is 6.12. The van der Waals surface area contributed by atoms with Gasteiger partial charge in [0.25, 0.3) is 5.91 Å². The van der Waals surface area contributed by atoms with Gasteiger partial charge in [-0.3, -0.25) is 4.79 Å². The van der Waals surface area contributed by atoms with E-state index in [1.807, 2.05) is 55.5 Å². The fourth-order valence-corrected chi connectivity index (χ4v) is 3.31. The number of fused-ring (bicyclic) bond motifs is 1. The van der Waals surface area contributed by atoms with Gasteiger partial charge in [-0.1, -0.05) is 42.8 Å². The average Bonchev–Trinajstić information content (AvgIpc) is 3.21. The zero-order valence-electron chi connectivity index (χ0n) is 16.9. The highest BCUT2D eigenvalue weighted by atomic mass is 35.5. The van der Waals surface area contributed by atoms with E-state index in [9.17, 15) is 4.79 Å². The smallest absolute Gasteiger partial charge is 0.271 e. The van der Waals surface area contributed by atoms with Crippen molar-refractivity contribution >= 4 is 34.8 Å². The summed E-state index contributed by atoms with van der Waals surface area (Å²) >= 11 is 6.27. The minimum absolute atomic E-state index is 0.320. The summed E-state index contributed by atoms with van der Waals surface area (Å²) in [4.78, 5) is 20.3. The summed E-state index contributed by atoms with van der Waals surface area (Å²) in [6.45, 7) is 2.67. The lowest BCUT2D eigenvalue weighted by Gasteiger charge is -2.07. The van der Waals surface area contributed by atoms with Crippen LogP contribution >= 0.6 is 11.6 Å². The Bertz CT molecular complexity index is 1250. The fourth-order valence-electron chi connectivity index (χ4n) is 3.09. The van der Waals surface area contributed by atoms with Crippen LogP contribution < -0.4 is 10.2 Å². The molecule has 31 heavy (non-hydrogen) atoms. The molecular formula is C24H21ClN4O2. The van der Waals surface area contributed by atoms with Gasteiger partial charge in [0.05, 0.1) is 28.9 Å². The van der Waals surface area contributed by atoms with E-state index in [1.165, 1.54) is 0 Å². The van der Waals surface area contributed by atoms with E-state index >= 15 is 0 Å². The number of halogens is 1. The minimum Gasteiger partial charge on any atom is -0.493 e. The van der Waals surface area contributed by atoms with Gasteiger partial charge in [0.15, 0.2) is 0 Å². The first-order chi connectivity index (χ1) is 15.2. The van der Waals surface area contributed by atoms with Crippen LogP contribution in [0.5, 0.6) is 5.75 Å². The summed E-state index contributed by atoms with van der Waals surface area (Å²) in [6, 6.07) is 20.3.